The lowest BCUT2D eigenvalue weighted by atomic mass is 10.3. The maximum absolute atomic E-state index is 11.4. The van der Waals surface area contributed by atoms with Crippen LogP contribution in [0.15, 0.2) is 18.7 Å². The number of unbranched alkanes of at least 4 members (excludes halogenated alkanes) is 1. The molecule has 0 saturated heterocycles. The van der Waals surface area contributed by atoms with Gasteiger partial charge < -0.3 is 20.5 Å². The van der Waals surface area contributed by atoms with Crippen molar-refractivity contribution in [2.24, 2.45) is 0 Å². The van der Waals surface area contributed by atoms with E-state index < -0.39 is 0 Å². The number of nitrogens with zero attached hydrogens (tertiary/aromatic N) is 2. The molecule has 1 aromatic heterocycles. The highest BCUT2D eigenvalue weighted by Crippen LogP contribution is 1.93. The van der Waals surface area contributed by atoms with Gasteiger partial charge in [-0.15, -0.1) is 6.42 Å². The fourth-order valence-corrected chi connectivity index (χ4v) is 1.48. The molecule has 3 amide bonds. The first-order valence-electron chi connectivity index (χ1n) is 6.40. The molecule has 0 radical (unpaired) electrons. The summed E-state index contributed by atoms with van der Waals surface area (Å²) < 4.78 is 1.98. The average Bonchev–Trinajstić information content (AvgIpc) is 2.95. The number of urea groups is 1. The second-order valence-electron chi connectivity index (χ2n) is 4.10. The Morgan fingerprint density at radius 3 is 2.80 bits per heavy atom. The van der Waals surface area contributed by atoms with Gasteiger partial charge in [0, 0.05) is 25.5 Å². The van der Waals surface area contributed by atoms with E-state index >= 15 is 0 Å². The van der Waals surface area contributed by atoms with Crippen LogP contribution >= 0.6 is 0 Å². The van der Waals surface area contributed by atoms with Crippen molar-refractivity contribution in [2.75, 3.05) is 19.6 Å². The molecular formula is C13H19N5O2. The fraction of sp³-hybridized carbons (Fsp3) is 0.462. The maximum Gasteiger partial charge on any atom is 0.315 e. The van der Waals surface area contributed by atoms with E-state index in [2.05, 4.69) is 26.9 Å². The van der Waals surface area contributed by atoms with Crippen molar-refractivity contribution >= 4 is 11.9 Å². The van der Waals surface area contributed by atoms with Crippen LogP contribution in [0.4, 0.5) is 4.79 Å². The van der Waals surface area contributed by atoms with Gasteiger partial charge in [0.15, 0.2) is 0 Å². The van der Waals surface area contributed by atoms with Gasteiger partial charge in [0.25, 0.3) is 0 Å². The zero-order valence-electron chi connectivity index (χ0n) is 11.3. The Labute approximate surface area is 118 Å². The van der Waals surface area contributed by atoms with Crippen LogP contribution in [0.5, 0.6) is 0 Å². The van der Waals surface area contributed by atoms with E-state index in [1.54, 1.807) is 12.5 Å². The van der Waals surface area contributed by atoms with Crippen molar-refractivity contribution in [3.8, 4) is 12.3 Å². The topological polar surface area (TPSA) is 88.0 Å². The fourth-order valence-electron chi connectivity index (χ4n) is 1.48. The highest BCUT2D eigenvalue weighted by Gasteiger charge is 2.03. The SMILES string of the molecule is C#CCNC(=O)CNC(=O)NCCCCn1ccnc1. The van der Waals surface area contributed by atoms with Gasteiger partial charge >= 0.3 is 6.03 Å². The number of carbonyl (C=O) groups is 2. The summed E-state index contributed by atoms with van der Waals surface area (Å²) in [7, 11) is 0. The first-order valence-corrected chi connectivity index (χ1v) is 6.40. The highest BCUT2D eigenvalue weighted by molar-refractivity contribution is 5.83. The van der Waals surface area contributed by atoms with Gasteiger partial charge in [0.05, 0.1) is 19.4 Å². The van der Waals surface area contributed by atoms with Crippen LogP contribution in [-0.2, 0) is 11.3 Å². The van der Waals surface area contributed by atoms with Crippen molar-refractivity contribution in [1.82, 2.24) is 25.5 Å². The van der Waals surface area contributed by atoms with Crippen LogP contribution in [0.25, 0.3) is 0 Å². The van der Waals surface area contributed by atoms with Crippen molar-refractivity contribution < 1.29 is 9.59 Å². The van der Waals surface area contributed by atoms with E-state index in [1.807, 2.05) is 10.8 Å². The first-order chi connectivity index (χ1) is 9.72. The quantitative estimate of drug-likeness (QED) is 0.451. The Morgan fingerprint density at radius 1 is 1.25 bits per heavy atom. The average molecular weight is 277 g/mol. The molecule has 0 saturated carbocycles. The number of amides is 3. The molecular weight excluding hydrogens is 258 g/mol. The third kappa shape index (κ3) is 7.06. The summed E-state index contributed by atoms with van der Waals surface area (Å²) in [6.07, 6.45) is 12.2. The zero-order chi connectivity index (χ0) is 14.6. The van der Waals surface area contributed by atoms with Crippen LogP contribution in [-0.4, -0.2) is 41.1 Å². The molecule has 0 atom stereocenters. The van der Waals surface area contributed by atoms with Gasteiger partial charge in [0.1, 0.15) is 0 Å². The number of terminal acetylenes is 1. The molecule has 1 heterocycles. The van der Waals surface area contributed by atoms with Gasteiger partial charge in [-0.1, -0.05) is 5.92 Å². The number of carbonyl (C=O) groups excluding carboxylic acids is 2. The van der Waals surface area contributed by atoms with E-state index in [0.717, 1.165) is 19.4 Å². The van der Waals surface area contributed by atoms with Gasteiger partial charge in [-0.25, -0.2) is 9.78 Å². The summed E-state index contributed by atoms with van der Waals surface area (Å²) in [5.41, 5.74) is 0. The van der Waals surface area contributed by atoms with Gasteiger partial charge in [-0.05, 0) is 12.8 Å². The predicted octanol–water partition coefficient (Wildman–Crippen LogP) is -0.288. The molecule has 0 aliphatic rings. The number of aromatic nitrogens is 2. The molecule has 0 spiro atoms. The molecule has 1 aromatic rings. The Bertz CT molecular complexity index is 450. The van der Waals surface area contributed by atoms with E-state index in [1.165, 1.54) is 0 Å². The molecule has 7 heteroatoms. The minimum atomic E-state index is -0.358. The number of aryl methyl sites for hydroxylation is 1. The number of imidazole rings is 1. The lowest BCUT2D eigenvalue weighted by molar-refractivity contribution is -0.119. The van der Waals surface area contributed by atoms with Crippen molar-refractivity contribution in [2.45, 2.75) is 19.4 Å². The molecule has 0 unspecified atom stereocenters. The summed E-state index contributed by atoms with van der Waals surface area (Å²) >= 11 is 0. The monoisotopic (exact) mass is 277 g/mol. The third-order valence-electron chi connectivity index (χ3n) is 2.48. The molecule has 0 aliphatic heterocycles. The van der Waals surface area contributed by atoms with E-state index in [-0.39, 0.29) is 25.0 Å². The summed E-state index contributed by atoms with van der Waals surface area (Å²) in [6, 6.07) is -0.358. The van der Waals surface area contributed by atoms with Crippen LogP contribution in [0.1, 0.15) is 12.8 Å². The normalized spacial score (nSPS) is 9.55. The highest BCUT2D eigenvalue weighted by atomic mass is 16.2. The predicted molar refractivity (Wildman–Crippen MR) is 74.7 cm³/mol. The number of nitrogens with one attached hydrogen (secondary N) is 3. The lowest BCUT2D eigenvalue weighted by Gasteiger charge is -2.07. The van der Waals surface area contributed by atoms with Gasteiger partial charge in [-0.2, -0.15) is 0 Å². The molecule has 0 aliphatic carbocycles. The van der Waals surface area contributed by atoms with Crippen LogP contribution in [0.3, 0.4) is 0 Å². The molecule has 0 bridgehead atoms. The summed E-state index contributed by atoms with van der Waals surface area (Å²) in [4.78, 5) is 26.5. The van der Waals surface area contributed by atoms with Crippen molar-refractivity contribution in [3.63, 3.8) is 0 Å². The Morgan fingerprint density at radius 2 is 2.10 bits per heavy atom. The lowest BCUT2D eigenvalue weighted by Crippen LogP contribution is -2.42. The van der Waals surface area contributed by atoms with E-state index in [9.17, 15) is 9.59 Å². The number of hydrogen-bond donors (Lipinski definition) is 3. The first kappa shape index (κ1) is 15.6. The van der Waals surface area contributed by atoms with Gasteiger partial charge in [-0.3, -0.25) is 4.79 Å². The second-order valence-corrected chi connectivity index (χ2v) is 4.10. The molecule has 20 heavy (non-hydrogen) atoms. The second kappa shape index (κ2) is 9.44. The number of rotatable bonds is 8. The van der Waals surface area contributed by atoms with Crippen molar-refractivity contribution in [3.05, 3.63) is 18.7 Å². The Hall–Kier alpha value is -2.49. The van der Waals surface area contributed by atoms with Gasteiger partial charge in [0.2, 0.25) is 5.91 Å². The summed E-state index contributed by atoms with van der Waals surface area (Å²) in [5, 5.41) is 7.58. The molecule has 0 fully saturated rings. The molecule has 1 rings (SSSR count). The van der Waals surface area contributed by atoms with Crippen LogP contribution in [0.2, 0.25) is 0 Å². The van der Waals surface area contributed by atoms with Crippen LogP contribution < -0.4 is 16.0 Å². The maximum atomic E-state index is 11.4. The molecule has 7 nitrogen and oxygen atoms in total. The Balaban J connectivity index is 1.97. The smallest absolute Gasteiger partial charge is 0.315 e. The van der Waals surface area contributed by atoms with E-state index in [4.69, 9.17) is 6.42 Å². The molecule has 0 aromatic carbocycles. The molecule has 108 valence electrons. The Kier molecular flexibility index (Phi) is 7.35. The third-order valence-corrected chi connectivity index (χ3v) is 2.48. The van der Waals surface area contributed by atoms with Crippen LogP contribution in [0, 0.1) is 12.3 Å². The summed E-state index contributed by atoms with van der Waals surface area (Å²) in [6.45, 7) is 1.52. The minimum absolute atomic E-state index is 0.0808. The minimum Gasteiger partial charge on any atom is -0.344 e. The van der Waals surface area contributed by atoms with Crippen molar-refractivity contribution in [1.29, 1.82) is 0 Å². The summed E-state index contributed by atoms with van der Waals surface area (Å²) in [5.74, 6) is 1.97. The van der Waals surface area contributed by atoms with E-state index in [0.29, 0.717) is 6.54 Å². The zero-order valence-corrected chi connectivity index (χ0v) is 11.3. The standard InChI is InChI=1S/C13H19N5O2/c1-2-5-15-12(19)10-17-13(20)16-6-3-4-8-18-9-7-14-11-18/h1,7,9,11H,3-6,8,10H2,(H,15,19)(H2,16,17,20). The largest absolute Gasteiger partial charge is 0.344 e. The molecule has 3 N–H and O–H groups in total. The number of hydrogen-bond acceptors (Lipinski definition) is 3.